The number of ether oxygens (including phenoxy) is 1. The topological polar surface area (TPSA) is 93.5 Å². The van der Waals surface area contributed by atoms with Crippen LogP contribution in [0.25, 0.3) is 0 Å². The maximum absolute atomic E-state index is 12.0. The predicted molar refractivity (Wildman–Crippen MR) is 118 cm³/mol. The predicted octanol–water partition coefficient (Wildman–Crippen LogP) is 3.57. The number of nitrogens with two attached hydrogens (primary N) is 1. The first-order valence-corrected chi connectivity index (χ1v) is 9.39. The van der Waals surface area contributed by atoms with Gasteiger partial charge in [-0.05, 0) is 57.0 Å². The number of aryl methyl sites for hydroxylation is 1. The van der Waals surface area contributed by atoms with Crippen LogP contribution in [0.4, 0.5) is 5.69 Å². The van der Waals surface area contributed by atoms with Gasteiger partial charge < -0.3 is 21.1 Å². The molecule has 2 aromatic rings. The van der Waals surface area contributed by atoms with E-state index in [1.165, 1.54) is 5.56 Å². The van der Waals surface area contributed by atoms with E-state index in [4.69, 9.17) is 10.5 Å². The van der Waals surface area contributed by atoms with Crippen LogP contribution in [0.1, 0.15) is 37.8 Å². The minimum absolute atomic E-state index is 0. The fourth-order valence-electron chi connectivity index (χ4n) is 2.40. The van der Waals surface area contributed by atoms with Crippen molar-refractivity contribution in [2.45, 2.75) is 45.7 Å². The number of amides is 2. The Bertz CT molecular complexity index is 784. The van der Waals surface area contributed by atoms with E-state index in [0.29, 0.717) is 26.0 Å². The van der Waals surface area contributed by atoms with Crippen molar-refractivity contribution in [3.63, 3.8) is 0 Å². The Hall–Kier alpha value is -2.57. The molecule has 158 valence electrons. The largest absolute Gasteiger partial charge is 0.494 e. The fraction of sp³-hybridized carbons (Fsp3) is 0.364. The molecule has 0 saturated carbocycles. The normalized spacial score (nSPS) is 10.6. The SMILES string of the molecule is Cc1ccc(OCCCC(=O)Nc2ccc(CNC(=O)C(C)(C)N)cc2)cc1.Cl. The van der Waals surface area contributed by atoms with E-state index in [2.05, 4.69) is 10.6 Å². The van der Waals surface area contributed by atoms with Crippen molar-refractivity contribution in [3.8, 4) is 5.75 Å². The van der Waals surface area contributed by atoms with Crippen molar-refractivity contribution >= 4 is 29.9 Å². The van der Waals surface area contributed by atoms with Gasteiger partial charge in [-0.25, -0.2) is 0 Å². The summed E-state index contributed by atoms with van der Waals surface area (Å²) in [5.74, 6) is 0.544. The standard InChI is InChI=1S/C22H29N3O3.ClH/c1-16-6-12-19(13-7-16)28-14-4-5-20(26)25-18-10-8-17(9-11-18)15-24-21(27)22(2,3)23;/h6-13H,4-5,14-15,23H2,1-3H3,(H,24,27)(H,25,26);1H. The molecule has 6 nitrogen and oxygen atoms in total. The number of carbonyl (C=O) groups is 2. The molecule has 0 radical (unpaired) electrons. The molecule has 0 atom stereocenters. The van der Waals surface area contributed by atoms with Gasteiger partial charge >= 0.3 is 0 Å². The molecule has 0 aliphatic heterocycles. The summed E-state index contributed by atoms with van der Waals surface area (Å²) < 4.78 is 5.62. The zero-order chi connectivity index (χ0) is 20.6. The van der Waals surface area contributed by atoms with Gasteiger partial charge in [-0.2, -0.15) is 0 Å². The number of halogens is 1. The van der Waals surface area contributed by atoms with Crippen molar-refractivity contribution < 1.29 is 14.3 Å². The second-order valence-electron chi connectivity index (χ2n) is 7.41. The molecule has 0 aromatic heterocycles. The number of anilines is 1. The third kappa shape index (κ3) is 8.98. The highest BCUT2D eigenvalue weighted by Crippen LogP contribution is 2.13. The van der Waals surface area contributed by atoms with Crippen molar-refractivity contribution in [3.05, 3.63) is 59.7 Å². The molecule has 0 saturated heterocycles. The molecule has 0 bridgehead atoms. The average Bonchev–Trinajstić information content (AvgIpc) is 2.65. The third-order valence-corrected chi connectivity index (χ3v) is 4.11. The molecular formula is C22H30ClN3O3. The summed E-state index contributed by atoms with van der Waals surface area (Å²) in [6, 6.07) is 15.2. The van der Waals surface area contributed by atoms with Crippen LogP contribution in [0.15, 0.2) is 48.5 Å². The first-order valence-electron chi connectivity index (χ1n) is 9.39. The highest BCUT2D eigenvalue weighted by Gasteiger charge is 2.20. The Morgan fingerprint density at radius 3 is 2.24 bits per heavy atom. The van der Waals surface area contributed by atoms with Crippen LogP contribution in [0.3, 0.4) is 0 Å². The first-order chi connectivity index (χ1) is 13.2. The first kappa shape index (κ1) is 24.5. The summed E-state index contributed by atoms with van der Waals surface area (Å²) in [7, 11) is 0. The minimum Gasteiger partial charge on any atom is -0.494 e. The van der Waals surface area contributed by atoms with Crippen molar-refractivity contribution in [2.24, 2.45) is 5.73 Å². The van der Waals surface area contributed by atoms with Crippen LogP contribution < -0.4 is 21.1 Å². The lowest BCUT2D eigenvalue weighted by Gasteiger charge is -2.17. The Balaban J connectivity index is 0.00000420. The van der Waals surface area contributed by atoms with E-state index in [-0.39, 0.29) is 24.2 Å². The monoisotopic (exact) mass is 419 g/mol. The number of benzene rings is 2. The smallest absolute Gasteiger partial charge is 0.239 e. The third-order valence-electron chi connectivity index (χ3n) is 4.11. The Morgan fingerprint density at radius 2 is 1.66 bits per heavy atom. The van der Waals surface area contributed by atoms with Gasteiger partial charge in [0.25, 0.3) is 0 Å². The van der Waals surface area contributed by atoms with Gasteiger partial charge in [-0.1, -0.05) is 29.8 Å². The number of hydrogen-bond donors (Lipinski definition) is 3. The summed E-state index contributed by atoms with van der Waals surface area (Å²) in [5.41, 5.74) is 7.67. The molecule has 0 unspecified atom stereocenters. The molecule has 7 heteroatoms. The molecule has 29 heavy (non-hydrogen) atoms. The Labute approximate surface area is 178 Å². The lowest BCUT2D eigenvalue weighted by molar-refractivity contribution is -0.125. The van der Waals surface area contributed by atoms with Crippen molar-refractivity contribution in [1.82, 2.24) is 5.32 Å². The molecule has 2 amide bonds. The van der Waals surface area contributed by atoms with Gasteiger partial charge in [0, 0.05) is 18.7 Å². The van der Waals surface area contributed by atoms with Crippen LogP contribution in [0.5, 0.6) is 5.75 Å². The number of hydrogen-bond acceptors (Lipinski definition) is 4. The van der Waals surface area contributed by atoms with E-state index in [1.807, 2.05) is 55.5 Å². The Morgan fingerprint density at radius 1 is 1.03 bits per heavy atom. The number of carbonyl (C=O) groups excluding carboxylic acids is 2. The van der Waals surface area contributed by atoms with E-state index in [1.54, 1.807) is 13.8 Å². The van der Waals surface area contributed by atoms with E-state index in [0.717, 1.165) is 17.0 Å². The van der Waals surface area contributed by atoms with E-state index < -0.39 is 5.54 Å². The quantitative estimate of drug-likeness (QED) is 0.541. The number of rotatable bonds is 9. The van der Waals surface area contributed by atoms with Gasteiger partial charge in [0.1, 0.15) is 5.75 Å². The van der Waals surface area contributed by atoms with Crippen LogP contribution in [-0.2, 0) is 16.1 Å². The molecule has 0 aliphatic carbocycles. The van der Waals surface area contributed by atoms with Crippen LogP contribution in [-0.4, -0.2) is 24.0 Å². The summed E-state index contributed by atoms with van der Waals surface area (Å²) in [6.07, 6.45) is 1.02. The molecule has 0 spiro atoms. The lowest BCUT2D eigenvalue weighted by atomic mass is 10.1. The molecule has 2 rings (SSSR count). The summed E-state index contributed by atoms with van der Waals surface area (Å²) in [5, 5.41) is 5.65. The molecule has 0 aliphatic rings. The van der Waals surface area contributed by atoms with Gasteiger partial charge in [-0.15, -0.1) is 12.4 Å². The van der Waals surface area contributed by atoms with Crippen LogP contribution >= 0.6 is 12.4 Å². The average molecular weight is 420 g/mol. The van der Waals surface area contributed by atoms with Crippen molar-refractivity contribution in [1.29, 1.82) is 0 Å². The van der Waals surface area contributed by atoms with Gasteiger partial charge in [-0.3, -0.25) is 9.59 Å². The Kier molecular flexibility index (Phi) is 9.65. The molecular weight excluding hydrogens is 390 g/mol. The lowest BCUT2D eigenvalue weighted by Crippen LogP contribution is -2.48. The summed E-state index contributed by atoms with van der Waals surface area (Å²) in [6.45, 7) is 6.23. The van der Waals surface area contributed by atoms with Crippen LogP contribution in [0, 0.1) is 6.92 Å². The fourth-order valence-corrected chi connectivity index (χ4v) is 2.40. The second-order valence-corrected chi connectivity index (χ2v) is 7.41. The van der Waals surface area contributed by atoms with Gasteiger partial charge in [0.15, 0.2) is 0 Å². The van der Waals surface area contributed by atoms with Gasteiger partial charge in [0.2, 0.25) is 11.8 Å². The number of nitrogens with one attached hydrogen (secondary N) is 2. The maximum Gasteiger partial charge on any atom is 0.239 e. The second kappa shape index (κ2) is 11.4. The highest BCUT2D eigenvalue weighted by atomic mass is 35.5. The maximum atomic E-state index is 12.0. The summed E-state index contributed by atoms with van der Waals surface area (Å²) in [4.78, 5) is 23.8. The van der Waals surface area contributed by atoms with E-state index in [9.17, 15) is 9.59 Å². The van der Waals surface area contributed by atoms with E-state index >= 15 is 0 Å². The summed E-state index contributed by atoms with van der Waals surface area (Å²) >= 11 is 0. The van der Waals surface area contributed by atoms with Crippen LogP contribution in [0.2, 0.25) is 0 Å². The minimum atomic E-state index is -0.906. The van der Waals surface area contributed by atoms with Gasteiger partial charge in [0.05, 0.1) is 12.1 Å². The molecule has 2 aromatic carbocycles. The van der Waals surface area contributed by atoms with Crippen molar-refractivity contribution in [2.75, 3.05) is 11.9 Å². The molecule has 4 N–H and O–H groups in total. The molecule has 0 heterocycles. The zero-order valence-electron chi connectivity index (χ0n) is 17.2. The zero-order valence-corrected chi connectivity index (χ0v) is 18.0. The molecule has 0 fully saturated rings. The highest BCUT2D eigenvalue weighted by molar-refractivity contribution is 5.90.